The van der Waals surface area contributed by atoms with Crippen LogP contribution in [0.3, 0.4) is 0 Å². The lowest BCUT2D eigenvalue weighted by atomic mass is 10.2. The fraction of sp³-hybridized carbons (Fsp3) is 0.235. The smallest absolute Gasteiger partial charge is 0.119 e. The van der Waals surface area contributed by atoms with Crippen LogP contribution in [-0.4, -0.2) is 22.9 Å². The Hall–Kier alpha value is -2.33. The third-order valence-corrected chi connectivity index (χ3v) is 3.42. The molecule has 0 fully saturated rings. The van der Waals surface area contributed by atoms with Gasteiger partial charge in [-0.25, -0.2) is 0 Å². The van der Waals surface area contributed by atoms with E-state index in [0.717, 1.165) is 30.0 Å². The van der Waals surface area contributed by atoms with E-state index in [1.807, 2.05) is 54.2 Å². The molecule has 108 valence electrons. The Balaban J connectivity index is 1.51. The van der Waals surface area contributed by atoms with E-state index in [9.17, 15) is 0 Å². The fourth-order valence-corrected chi connectivity index (χ4v) is 2.38. The molecule has 1 aromatic heterocycles. The van der Waals surface area contributed by atoms with Gasteiger partial charge in [0.05, 0.1) is 11.2 Å². The largest absolute Gasteiger partial charge is 0.492 e. The van der Waals surface area contributed by atoms with Gasteiger partial charge in [-0.05, 0) is 18.2 Å². The van der Waals surface area contributed by atoms with Gasteiger partial charge in [0.1, 0.15) is 12.4 Å². The normalized spacial score (nSPS) is 10.9. The molecule has 21 heavy (non-hydrogen) atoms. The van der Waals surface area contributed by atoms with Gasteiger partial charge in [-0.1, -0.05) is 36.4 Å². The van der Waals surface area contributed by atoms with E-state index in [-0.39, 0.29) is 0 Å². The minimum Gasteiger partial charge on any atom is -0.492 e. The molecule has 0 saturated carbocycles. The maximum absolute atomic E-state index is 5.65. The minimum atomic E-state index is 0.648. The molecular formula is C17H19N3O. The molecule has 0 unspecified atom stereocenters. The molecule has 2 aromatic carbocycles. The van der Waals surface area contributed by atoms with E-state index < -0.39 is 0 Å². The monoisotopic (exact) mass is 281 g/mol. The molecule has 3 rings (SSSR count). The second kappa shape index (κ2) is 6.41. The first kappa shape index (κ1) is 13.6. The summed E-state index contributed by atoms with van der Waals surface area (Å²) in [6.45, 7) is 2.19. The first-order valence-electron chi connectivity index (χ1n) is 7.14. The SMILES string of the molecule is Cn1nc(CNCCOc2ccccc2)c2ccccc21. The van der Waals surface area contributed by atoms with E-state index in [1.54, 1.807) is 0 Å². The van der Waals surface area contributed by atoms with Crippen LogP contribution in [0.1, 0.15) is 5.69 Å². The number of nitrogens with one attached hydrogen (secondary N) is 1. The van der Waals surface area contributed by atoms with Crippen molar-refractivity contribution in [3.63, 3.8) is 0 Å². The molecule has 0 spiro atoms. The molecular weight excluding hydrogens is 262 g/mol. The van der Waals surface area contributed by atoms with Crippen molar-refractivity contribution in [3.05, 3.63) is 60.3 Å². The second-order valence-corrected chi connectivity index (χ2v) is 4.93. The highest BCUT2D eigenvalue weighted by Gasteiger charge is 2.06. The van der Waals surface area contributed by atoms with Gasteiger partial charge >= 0.3 is 0 Å². The highest BCUT2D eigenvalue weighted by atomic mass is 16.5. The number of aryl methyl sites for hydroxylation is 1. The quantitative estimate of drug-likeness (QED) is 0.706. The first-order chi connectivity index (χ1) is 10.3. The predicted molar refractivity (Wildman–Crippen MR) is 84.4 cm³/mol. The van der Waals surface area contributed by atoms with Crippen molar-refractivity contribution < 1.29 is 4.74 Å². The lowest BCUT2D eigenvalue weighted by Crippen LogP contribution is -2.21. The summed E-state index contributed by atoms with van der Waals surface area (Å²) >= 11 is 0. The topological polar surface area (TPSA) is 39.1 Å². The van der Waals surface area contributed by atoms with Crippen molar-refractivity contribution in [2.75, 3.05) is 13.2 Å². The van der Waals surface area contributed by atoms with E-state index in [4.69, 9.17) is 4.74 Å². The molecule has 0 aliphatic heterocycles. The average Bonchev–Trinajstić information content (AvgIpc) is 2.85. The number of rotatable bonds is 6. The van der Waals surface area contributed by atoms with Crippen LogP contribution in [0.5, 0.6) is 5.75 Å². The third kappa shape index (κ3) is 3.23. The molecule has 0 atom stereocenters. The van der Waals surface area contributed by atoms with Gasteiger partial charge in [0.25, 0.3) is 0 Å². The summed E-state index contributed by atoms with van der Waals surface area (Å²) in [6, 6.07) is 18.1. The predicted octanol–water partition coefficient (Wildman–Crippen LogP) is 2.74. The molecule has 0 amide bonds. The van der Waals surface area contributed by atoms with Gasteiger partial charge < -0.3 is 10.1 Å². The Morgan fingerprint density at radius 2 is 1.81 bits per heavy atom. The molecule has 0 aliphatic rings. The highest BCUT2D eigenvalue weighted by molar-refractivity contribution is 5.81. The maximum atomic E-state index is 5.65. The van der Waals surface area contributed by atoms with Gasteiger partial charge in [-0.2, -0.15) is 5.10 Å². The third-order valence-electron chi connectivity index (χ3n) is 3.42. The van der Waals surface area contributed by atoms with E-state index >= 15 is 0 Å². The fourth-order valence-electron chi connectivity index (χ4n) is 2.38. The Labute approximate surface area is 124 Å². The molecule has 0 radical (unpaired) electrons. The summed E-state index contributed by atoms with van der Waals surface area (Å²) in [5.41, 5.74) is 2.24. The zero-order chi connectivity index (χ0) is 14.5. The summed E-state index contributed by atoms with van der Waals surface area (Å²) in [5.74, 6) is 0.905. The van der Waals surface area contributed by atoms with Crippen LogP contribution in [0.4, 0.5) is 0 Å². The summed E-state index contributed by atoms with van der Waals surface area (Å²) in [7, 11) is 1.98. The van der Waals surface area contributed by atoms with Gasteiger partial charge in [0, 0.05) is 25.5 Å². The van der Waals surface area contributed by atoms with Crippen molar-refractivity contribution in [2.45, 2.75) is 6.54 Å². The summed E-state index contributed by atoms with van der Waals surface area (Å²) in [4.78, 5) is 0. The molecule has 0 aliphatic carbocycles. The molecule has 0 bridgehead atoms. The highest BCUT2D eigenvalue weighted by Crippen LogP contribution is 2.16. The van der Waals surface area contributed by atoms with Crippen LogP contribution in [0.15, 0.2) is 54.6 Å². The molecule has 1 heterocycles. The van der Waals surface area contributed by atoms with Crippen molar-refractivity contribution in [1.29, 1.82) is 0 Å². The number of para-hydroxylation sites is 2. The molecule has 0 saturated heterocycles. The molecule has 1 N–H and O–H groups in total. The van der Waals surface area contributed by atoms with Crippen LogP contribution in [0.2, 0.25) is 0 Å². The van der Waals surface area contributed by atoms with Crippen LogP contribution in [0.25, 0.3) is 10.9 Å². The lowest BCUT2D eigenvalue weighted by molar-refractivity contribution is 0.313. The summed E-state index contributed by atoms with van der Waals surface area (Å²) < 4.78 is 7.57. The van der Waals surface area contributed by atoms with Crippen molar-refractivity contribution >= 4 is 10.9 Å². The first-order valence-corrected chi connectivity index (χ1v) is 7.14. The van der Waals surface area contributed by atoms with Crippen LogP contribution in [-0.2, 0) is 13.6 Å². The van der Waals surface area contributed by atoms with Crippen molar-refractivity contribution in [1.82, 2.24) is 15.1 Å². The van der Waals surface area contributed by atoms with Crippen LogP contribution >= 0.6 is 0 Å². The number of fused-ring (bicyclic) bond motifs is 1. The number of ether oxygens (including phenoxy) is 1. The standard InChI is InChI=1S/C17H19N3O/c1-20-17-10-6-5-9-15(17)16(19-20)13-18-11-12-21-14-7-3-2-4-8-14/h2-10,18H,11-13H2,1H3. The second-order valence-electron chi connectivity index (χ2n) is 4.93. The Morgan fingerprint density at radius 3 is 2.67 bits per heavy atom. The zero-order valence-corrected chi connectivity index (χ0v) is 12.1. The Bertz CT molecular complexity index is 706. The number of aromatic nitrogens is 2. The molecule has 4 heteroatoms. The van der Waals surface area contributed by atoms with Crippen LogP contribution in [0, 0.1) is 0 Å². The van der Waals surface area contributed by atoms with Gasteiger partial charge in [0.15, 0.2) is 0 Å². The molecule has 4 nitrogen and oxygen atoms in total. The van der Waals surface area contributed by atoms with Crippen molar-refractivity contribution in [2.24, 2.45) is 7.05 Å². The molecule has 3 aromatic rings. The van der Waals surface area contributed by atoms with Gasteiger partial charge in [-0.15, -0.1) is 0 Å². The van der Waals surface area contributed by atoms with E-state index in [2.05, 4.69) is 22.5 Å². The Morgan fingerprint density at radius 1 is 1.05 bits per heavy atom. The number of hydrogen-bond acceptors (Lipinski definition) is 3. The summed E-state index contributed by atoms with van der Waals surface area (Å²) in [5, 5.41) is 9.14. The maximum Gasteiger partial charge on any atom is 0.119 e. The number of hydrogen-bond donors (Lipinski definition) is 1. The summed E-state index contributed by atoms with van der Waals surface area (Å²) in [6.07, 6.45) is 0. The van der Waals surface area contributed by atoms with E-state index in [0.29, 0.717) is 6.61 Å². The minimum absolute atomic E-state index is 0.648. The lowest BCUT2D eigenvalue weighted by Gasteiger charge is -2.06. The number of benzene rings is 2. The van der Waals surface area contributed by atoms with Crippen LogP contribution < -0.4 is 10.1 Å². The van der Waals surface area contributed by atoms with Gasteiger partial charge in [0.2, 0.25) is 0 Å². The van der Waals surface area contributed by atoms with Crippen molar-refractivity contribution in [3.8, 4) is 5.75 Å². The zero-order valence-electron chi connectivity index (χ0n) is 12.1. The Kier molecular flexibility index (Phi) is 4.17. The van der Waals surface area contributed by atoms with Gasteiger partial charge in [-0.3, -0.25) is 4.68 Å². The average molecular weight is 281 g/mol. The number of nitrogens with zero attached hydrogens (tertiary/aromatic N) is 2. The van der Waals surface area contributed by atoms with E-state index in [1.165, 1.54) is 5.39 Å².